The standard InChI is InChI=1S/C27H29N5O3/c1-31(2)12-13-35-24-16-20(28)15-21(17-24)29-27(33)25-18-32(22-9-5-4-6-10-22)30-26(25)19-8-7-11-23(14-19)34-3/h4-11,14-18H,12-13,28H2,1-3H3,(H,29,33). The number of nitrogen functional groups attached to an aromatic ring is 1. The molecule has 0 unspecified atom stereocenters. The summed E-state index contributed by atoms with van der Waals surface area (Å²) >= 11 is 0. The number of rotatable bonds is 9. The molecule has 35 heavy (non-hydrogen) atoms. The number of likely N-dealkylation sites (N-methyl/N-ethyl adjacent to an activating group) is 1. The van der Waals surface area contributed by atoms with E-state index in [9.17, 15) is 4.79 Å². The molecule has 8 heteroatoms. The highest BCUT2D eigenvalue weighted by Crippen LogP contribution is 2.29. The maximum absolute atomic E-state index is 13.4. The number of hydrogen-bond donors (Lipinski definition) is 2. The van der Waals surface area contributed by atoms with Gasteiger partial charge < -0.3 is 25.4 Å². The normalized spacial score (nSPS) is 10.9. The number of para-hydroxylation sites is 1. The van der Waals surface area contributed by atoms with Crippen molar-refractivity contribution >= 4 is 17.3 Å². The maximum atomic E-state index is 13.4. The van der Waals surface area contributed by atoms with E-state index >= 15 is 0 Å². The lowest BCUT2D eigenvalue weighted by atomic mass is 10.1. The van der Waals surface area contributed by atoms with Gasteiger partial charge in [-0.1, -0.05) is 30.3 Å². The number of benzene rings is 3. The monoisotopic (exact) mass is 471 g/mol. The Morgan fingerprint density at radius 1 is 1.03 bits per heavy atom. The van der Waals surface area contributed by atoms with Crippen molar-refractivity contribution in [3.05, 3.63) is 84.6 Å². The number of hydrogen-bond acceptors (Lipinski definition) is 6. The number of anilines is 2. The molecule has 3 aromatic carbocycles. The van der Waals surface area contributed by atoms with E-state index in [2.05, 4.69) is 5.32 Å². The Balaban J connectivity index is 1.66. The molecule has 4 rings (SSSR count). The molecule has 0 saturated heterocycles. The minimum Gasteiger partial charge on any atom is -0.497 e. The van der Waals surface area contributed by atoms with Crippen LogP contribution >= 0.6 is 0 Å². The van der Waals surface area contributed by atoms with Crippen molar-refractivity contribution in [3.8, 4) is 28.4 Å². The molecule has 0 aliphatic rings. The van der Waals surface area contributed by atoms with Crippen LogP contribution in [-0.4, -0.2) is 54.9 Å². The Morgan fingerprint density at radius 2 is 1.83 bits per heavy atom. The van der Waals surface area contributed by atoms with Crippen LogP contribution in [0.3, 0.4) is 0 Å². The molecular formula is C27H29N5O3. The first-order valence-electron chi connectivity index (χ1n) is 11.2. The molecule has 0 radical (unpaired) electrons. The molecule has 0 spiro atoms. The summed E-state index contributed by atoms with van der Waals surface area (Å²) in [5, 5.41) is 7.68. The highest BCUT2D eigenvalue weighted by atomic mass is 16.5. The third-order valence-electron chi connectivity index (χ3n) is 5.32. The van der Waals surface area contributed by atoms with Crippen LogP contribution in [0.4, 0.5) is 11.4 Å². The van der Waals surface area contributed by atoms with E-state index in [1.54, 1.807) is 36.2 Å². The maximum Gasteiger partial charge on any atom is 0.259 e. The Hall–Kier alpha value is -4.30. The number of amides is 1. The van der Waals surface area contributed by atoms with Crippen LogP contribution in [0.2, 0.25) is 0 Å². The number of carbonyl (C=O) groups excluding carboxylic acids is 1. The first-order chi connectivity index (χ1) is 16.9. The van der Waals surface area contributed by atoms with Crippen molar-refractivity contribution in [2.75, 3.05) is 45.4 Å². The van der Waals surface area contributed by atoms with Gasteiger partial charge in [-0.3, -0.25) is 4.79 Å². The van der Waals surface area contributed by atoms with Crippen molar-refractivity contribution in [3.63, 3.8) is 0 Å². The molecule has 3 N–H and O–H groups in total. The Morgan fingerprint density at radius 3 is 2.57 bits per heavy atom. The largest absolute Gasteiger partial charge is 0.497 e. The molecule has 0 aliphatic heterocycles. The van der Waals surface area contributed by atoms with Crippen LogP contribution < -0.4 is 20.5 Å². The molecule has 0 saturated carbocycles. The molecule has 1 heterocycles. The van der Waals surface area contributed by atoms with Gasteiger partial charge in [0.1, 0.15) is 23.8 Å². The summed E-state index contributed by atoms with van der Waals surface area (Å²) in [7, 11) is 5.56. The zero-order valence-corrected chi connectivity index (χ0v) is 20.1. The van der Waals surface area contributed by atoms with Crippen LogP contribution in [0.5, 0.6) is 11.5 Å². The van der Waals surface area contributed by atoms with Crippen LogP contribution in [0, 0.1) is 0 Å². The molecule has 8 nitrogen and oxygen atoms in total. The second kappa shape index (κ2) is 10.8. The third kappa shape index (κ3) is 5.99. The molecule has 1 amide bonds. The Bertz CT molecular complexity index is 1300. The van der Waals surface area contributed by atoms with E-state index < -0.39 is 0 Å². The van der Waals surface area contributed by atoms with Crippen molar-refractivity contribution in [2.24, 2.45) is 0 Å². The van der Waals surface area contributed by atoms with Gasteiger partial charge in [0.15, 0.2) is 0 Å². The second-order valence-electron chi connectivity index (χ2n) is 8.30. The number of carbonyl (C=O) groups is 1. The molecule has 4 aromatic rings. The number of ether oxygens (including phenoxy) is 2. The van der Waals surface area contributed by atoms with E-state index in [1.807, 2.05) is 73.6 Å². The molecule has 0 fully saturated rings. The van der Waals surface area contributed by atoms with Gasteiger partial charge in [-0.2, -0.15) is 5.10 Å². The van der Waals surface area contributed by atoms with Crippen LogP contribution in [0.25, 0.3) is 16.9 Å². The topological polar surface area (TPSA) is 94.6 Å². The van der Waals surface area contributed by atoms with Gasteiger partial charge in [-0.25, -0.2) is 4.68 Å². The fourth-order valence-corrected chi connectivity index (χ4v) is 3.56. The van der Waals surface area contributed by atoms with Gasteiger partial charge in [0.2, 0.25) is 0 Å². The quantitative estimate of drug-likeness (QED) is 0.353. The summed E-state index contributed by atoms with van der Waals surface area (Å²) in [5.74, 6) is 0.962. The third-order valence-corrected chi connectivity index (χ3v) is 5.32. The van der Waals surface area contributed by atoms with Crippen molar-refractivity contribution < 1.29 is 14.3 Å². The van der Waals surface area contributed by atoms with Crippen molar-refractivity contribution in [1.29, 1.82) is 0 Å². The van der Waals surface area contributed by atoms with Crippen molar-refractivity contribution in [1.82, 2.24) is 14.7 Å². The van der Waals surface area contributed by atoms with E-state index in [-0.39, 0.29) is 5.91 Å². The summed E-state index contributed by atoms with van der Waals surface area (Å²) in [4.78, 5) is 15.5. The number of aromatic nitrogens is 2. The first kappa shape index (κ1) is 23.8. The number of nitrogens with two attached hydrogens (primary N) is 1. The van der Waals surface area contributed by atoms with Crippen LogP contribution in [0.1, 0.15) is 10.4 Å². The average Bonchev–Trinajstić information content (AvgIpc) is 3.30. The predicted molar refractivity (Wildman–Crippen MR) is 138 cm³/mol. The molecule has 1 aromatic heterocycles. The fourth-order valence-electron chi connectivity index (χ4n) is 3.56. The molecule has 0 bridgehead atoms. The van der Waals surface area contributed by atoms with E-state index in [0.29, 0.717) is 40.7 Å². The van der Waals surface area contributed by atoms with Gasteiger partial charge in [-0.05, 0) is 44.4 Å². The van der Waals surface area contributed by atoms with Crippen LogP contribution in [-0.2, 0) is 0 Å². The van der Waals surface area contributed by atoms with E-state index in [0.717, 1.165) is 17.8 Å². The molecule has 0 aliphatic carbocycles. The summed E-state index contributed by atoms with van der Waals surface area (Å²) in [5.41, 5.74) is 9.67. The Kier molecular flexibility index (Phi) is 7.32. The molecule has 0 atom stereocenters. The summed E-state index contributed by atoms with van der Waals surface area (Å²) in [6, 6.07) is 22.3. The molecular weight excluding hydrogens is 442 g/mol. The minimum atomic E-state index is -0.310. The molecule has 180 valence electrons. The SMILES string of the molecule is COc1cccc(-c2nn(-c3ccccc3)cc2C(=O)Nc2cc(N)cc(OCCN(C)C)c2)c1. The predicted octanol–water partition coefficient (Wildman–Crippen LogP) is 4.32. The first-order valence-corrected chi connectivity index (χ1v) is 11.2. The van der Waals surface area contributed by atoms with Crippen LogP contribution in [0.15, 0.2) is 79.0 Å². The van der Waals surface area contributed by atoms with Gasteiger partial charge in [0.05, 0.1) is 18.4 Å². The summed E-state index contributed by atoms with van der Waals surface area (Å²) in [6.07, 6.45) is 1.72. The lowest BCUT2D eigenvalue weighted by Crippen LogP contribution is -2.19. The number of nitrogens with one attached hydrogen (secondary N) is 1. The summed E-state index contributed by atoms with van der Waals surface area (Å²) in [6.45, 7) is 1.27. The van der Waals surface area contributed by atoms with Gasteiger partial charge in [-0.15, -0.1) is 0 Å². The average molecular weight is 472 g/mol. The minimum absolute atomic E-state index is 0.310. The lowest BCUT2D eigenvalue weighted by molar-refractivity contribution is 0.102. The fraction of sp³-hybridized carbons (Fsp3) is 0.185. The van der Waals surface area contributed by atoms with E-state index in [1.165, 1.54) is 0 Å². The highest BCUT2D eigenvalue weighted by Gasteiger charge is 2.20. The van der Waals surface area contributed by atoms with Gasteiger partial charge in [0, 0.05) is 41.8 Å². The summed E-state index contributed by atoms with van der Waals surface area (Å²) < 4.78 is 12.9. The van der Waals surface area contributed by atoms with E-state index in [4.69, 9.17) is 20.3 Å². The number of methoxy groups -OCH3 is 1. The zero-order valence-electron chi connectivity index (χ0n) is 20.1. The Labute approximate surface area is 204 Å². The van der Waals surface area contributed by atoms with Gasteiger partial charge >= 0.3 is 0 Å². The van der Waals surface area contributed by atoms with Crippen molar-refractivity contribution in [2.45, 2.75) is 0 Å². The smallest absolute Gasteiger partial charge is 0.259 e. The lowest BCUT2D eigenvalue weighted by Gasteiger charge is -2.13. The second-order valence-corrected chi connectivity index (χ2v) is 8.30. The van der Waals surface area contributed by atoms with Gasteiger partial charge in [0.25, 0.3) is 5.91 Å². The number of nitrogens with zero attached hydrogens (tertiary/aromatic N) is 3. The highest BCUT2D eigenvalue weighted by molar-refractivity contribution is 6.08. The zero-order chi connectivity index (χ0) is 24.8.